The smallest absolute Gasteiger partial charge is 0.227 e. The molecule has 2 aromatic rings. The predicted molar refractivity (Wildman–Crippen MR) is 85.9 cm³/mol. The van der Waals surface area contributed by atoms with Crippen molar-refractivity contribution in [3.63, 3.8) is 0 Å². The molecule has 6 nitrogen and oxygen atoms in total. The van der Waals surface area contributed by atoms with Crippen LogP contribution in [0.3, 0.4) is 0 Å². The van der Waals surface area contributed by atoms with E-state index in [1.807, 2.05) is 32.0 Å². The number of carbonyl (C=O) groups is 1. The molecule has 0 spiro atoms. The predicted octanol–water partition coefficient (Wildman–Crippen LogP) is 1.76. The minimum atomic E-state index is -0.338. The Bertz CT molecular complexity index is 620. The second-order valence-corrected chi connectivity index (χ2v) is 5.78. The van der Waals surface area contributed by atoms with Gasteiger partial charge in [0.1, 0.15) is 5.76 Å². The van der Waals surface area contributed by atoms with Crippen LogP contribution in [-0.4, -0.2) is 34.3 Å². The second-order valence-electron chi connectivity index (χ2n) is 5.78. The summed E-state index contributed by atoms with van der Waals surface area (Å²) in [4.78, 5) is 16.6. The van der Waals surface area contributed by atoms with Crippen LogP contribution in [0.2, 0.25) is 0 Å². The summed E-state index contributed by atoms with van der Waals surface area (Å²) in [5, 5.41) is 16.3. The van der Waals surface area contributed by atoms with Crippen molar-refractivity contribution in [2.45, 2.75) is 33.1 Å². The first-order chi connectivity index (χ1) is 11.0. The Morgan fingerprint density at radius 3 is 2.74 bits per heavy atom. The number of aliphatic hydroxyl groups excluding tert-OH is 1. The van der Waals surface area contributed by atoms with Gasteiger partial charge in [-0.2, -0.15) is 0 Å². The van der Waals surface area contributed by atoms with Gasteiger partial charge in [0, 0.05) is 36.5 Å². The van der Waals surface area contributed by atoms with Gasteiger partial charge < -0.3 is 14.9 Å². The molecule has 2 rings (SSSR count). The molecule has 0 aliphatic rings. The van der Waals surface area contributed by atoms with Gasteiger partial charge >= 0.3 is 0 Å². The highest BCUT2D eigenvalue weighted by molar-refractivity contribution is 5.83. The zero-order chi connectivity index (χ0) is 16.8. The van der Waals surface area contributed by atoms with E-state index in [1.165, 1.54) is 0 Å². The Morgan fingerprint density at radius 1 is 1.39 bits per heavy atom. The van der Waals surface area contributed by atoms with Crippen LogP contribution < -0.4 is 5.32 Å². The Kier molecular flexibility index (Phi) is 5.87. The molecule has 0 aromatic carbocycles. The number of pyridine rings is 1. The van der Waals surface area contributed by atoms with Gasteiger partial charge in [-0.25, -0.2) is 0 Å². The molecule has 0 saturated heterocycles. The third-order valence-electron chi connectivity index (χ3n) is 3.96. The van der Waals surface area contributed by atoms with Gasteiger partial charge in [0.05, 0.1) is 11.6 Å². The molecule has 0 bridgehead atoms. The van der Waals surface area contributed by atoms with Gasteiger partial charge in [0.25, 0.3) is 0 Å². The monoisotopic (exact) mass is 317 g/mol. The van der Waals surface area contributed by atoms with Gasteiger partial charge in [-0.05, 0) is 39.3 Å². The Morgan fingerprint density at radius 2 is 2.17 bits per heavy atom. The number of hydrogen-bond donors (Lipinski definition) is 2. The molecule has 2 heterocycles. The minimum absolute atomic E-state index is 0.00342. The van der Waals surface area contributed by atoms with Gasteiger partial charge in [-0.15, -0.1) is 0 Å². The third kappa shape index (κ3) is 4.39. The fourth-order valence-corrected chi connectivity index (χ4v) is 2.65. The molecule has 0 fully saturated rings. The first kappa shape index (κ1) is 17.1. The van der Waals surface area contributed by atoms with E-state index in [0.717, 1.165) is 17.0 Å². The van der Waals surface area contributed by atoms with Crippen molar-refractivity contribution < 1.29 is 14.4 Å². The van der Waals surface area contributed by atoms with Crippen LogP contribution in [0.15, 0.2) is 28.9 Å². The molecule has 0 aliphatic carbocycles. The minimum Gasteiger partial charge on any atom is -0.396 e. The zero-order valence-electron chi connectivity index (χ0n) is 13.7. The van der Waals surface area contributed by atoms with E-state index in [-0.39, 0.29) is 24.3 Å². The molecule has 0 aliphatic heterocycles. The summed E-state index contributed by atoms with van der Waals surface area (Å²) in [6.07, 6.45) is 2.35. The average Bonchev–Trinajstić information content (AvgIpc) is 2.90. The van der Waals surface area contributed by atoms with E-state index >= 15 is 0 Å². The van der Waals surface area contributed by atoms with Crippen molar-refractivity contribution in [3.8, 4) is 0 Å². The molecule has 1 amide bonds. The Hall–Kier alpha value is -2.21. The molecule has 23 heavy (non-hydrogen) atoms. The first-order valence-corrected chi connectivity index (χ1v) is 7.74. The number of aromatic nitrogens is 2. The van der Waals surface area contributed by atoms with E-state index in [9.17, 15) is 9.90 Å². The van der Waals surface area contributed by atoms with Crippen molar-refractivity contribution in [2.75, 3.05) is 13.2 Å². The summed E-state index contributed by atoms with van der Waals surface area (Å²) >= 11 is 0. The topological polar surface area (TPSA) is 88.2 Å². The lowest BCUT2D eigenvalue weighted by molar-refractivity contribution is -0.122. The number of hydrogen-bond acceptors (Lipinski definition) is 5. The standard InChI is InChI=1S/C17H23N3O3/c1-11(16-12(2)20-23-13(16)3)17(22)19-9-14(10-21)8-15-6-4-5-7-18-15/h4-7,11,14,21H,8-10H2,1-3H3,(H,19,22). The molecule has 2 N–H and O–H groups in total. The second kappa shape index (κ2) is 7.87. The largest absolute Gasteiger partial charge is 0.396 e. The molecule has 124 valence electrons. The van der Waals surface area contributed by atoms with Gasteiger partial charge in [0.2, 0.25) is 5.91 Å². The number of aryl methyl sites for hydroxylation is 2. The van der Waals surface area contributed by atoms with Gasteiger partial charge in [-0.1, -0.05) is 11.2 Å². The highest BCUT2D eigenvalue weighted by atomic mass is 16.5. The number of aliphatic hydroxyl groups is 1. The van der Waals surface area contributed by atoms with Crippen molar-refractivity contribution >= 4 is 5.91 Å². The zero-order valence-corrected chi connectivity index (χ0v) is 13.7. The van der Waals surface area contributed by atoms with Gasteiger partial charge in [-0.3, -0.25) is 9.78 Å². The SMILES string of the molecule is Cc1noc(C)c1C(C)C(=O)NCC(CO)Cc1ccccn1. The van der Waals surface area contributed by atoms with E-state index in [2.05, 4.69) is 15.5 Å². The normalized spacial score (nSPS) is 13.6. The van der Waals surface area contributed by atoms with Crippen molar-refractivity contribution in [1.29, 1.82) is 0 Å². The number of carbonyl (C=O) groups excluding carboxylic acids is 1. The fourth-order valence-electron chi connectivity index (χ4n) is 2.65. The van der Waals surface area contributed by atoms with Crippen LogP contribution in [0.4, 0.5) is 0 Å². The number of nitrogens with one attached hydrogen (secondary N) is 1. The maximum atomic E-state index is 12.3. The lowest BCUT2D eigenvalue weighted by Gasteiger charge is -2.17. The molecule has 2 unspecified atom stereocenters. The molecule has 0 saturated carbocycles. The lowest BCUT2D eigenvalue weighted by atomic mass is 9.98. The summed E-state index contributed by atoms with van der Waals surface area (Å²) in [5.41, 5.74) is 2.46. The maximum absolute atomic E-state index is 12.3. The van der Waals surface area contributed by atoms with E-state index in [0.29, 0.717) is 18.7 Å². The molecule has 0 radical (unpaired) electrons. The van der Waals surface area contributed by atoms with E-state index < -0.39 is 0 Å². The van der Waals surface area contributed by atoms with Crippen molar-refractivity contribution in [2.24, 2.45) is 5.92 Å². The molecular formula is C17H23N3O3. The first-order valence-electron chi connectivity index (χ1n) is 7.74. The summed E-state index contributed by atoms with van der Waals surface area (Å²) in [5.74, 6) is 0.164. The Labute approximate surface area is 135 Å². The number of nitrogens with zero attached hydrogens (tertiary/aromatic N) is 2. The lowest BCUT2D eigenvalue weighted by Crippen LogP contribution is -2.34. The molecule has 6 heteroatoms. The van der Waals surface area contributed by atoms with E-state index in [4.69, 9.17) is 4.52 Å². The van der Waals surface area contributed by atoms with E-state index in [1.54, 1.807) is 13.1 Å². The summed E-state index contributed by atoms with van der Waals surface area (Å²) in [6, 6.07) is 5.68. The van der Waals surface area contributed by atoms with Gasteiger partial charge in [0.15, 0.2) is 0 Å². The van der Waals surface area contributed by atoms with Crippen LogP contribution in [0.1, 0.15) is 35.6 Å². The van der Waals surface area contributed by atoms with Crippen LogP contribution in [-0.2, 0) is 11.2 Å². The highest BCUT2D eigenvalue weighted by Crippen LogP contribution is 2.23. The maximum Gasteiger partial charge on any atom is 0.227 e. The quantitative estimate of drug-likeness (QED) is 0.812. The van der Waals surface area contributed by atoms with Crippen molar-refractivity contribution in [3.05, 3.63) is 47.1 Å². The number of amides is 1. The van der Waals surface area contributed by atoms with Crippen LogP contribution in [0.5, 0.6) is 0 Å². The summed E-state index contributed by atoms with van der Waals surface area (Å²) < 4.78 is 5.11. The number of rotatable bonds is 7. The fraction of sp³-hybridized carbons (Fsp3) is 0.471. The molecule has 2 aromatic heterocycles. The van der Waals surface area contributed by atoms with Crippen LogP contribution in [0, 0.1) is 19.8 Å². The Balaban J connectivity index is 1.92. The average molecular weight is 317 g/mol. The van der Waals surface area contributed by atoms with Crippen molar-refractivity contribution in [1.82, 2.24) is 15.5 Å². The van der Waals surface area contributed by atoms with Crippen LogP contribution >= 0.6 is 0 Å². The summed E-state index contributed by atoms with van der Waals surface area (Å²) in [7, 11) is 0. The molecular weight excluding hydrogens is 294 g/mol. The molecule has 2 atom stereocenters. The third-order valence-corrected chi connectivity index (χ3v) is 3.96. The summed E-state index contributed by atoms with van der Waals surface area (Å²) in [6.45, 7) is 5.86. The van der Waals surface area contributed by atoms with Crippen LogP contribution in [0.25, 0.3) is 0 Å². The highest BCUT2D eigenvalue weighted by Gasteiger charge is 2.23.